The van der Waals surface area contributed by atoms with Crippen LogP contribution in [0.4, 0.5) is 0 Å². The number of aryl methyl sites for hydroxylation is 1. The number of carbonyl (C=O) groups is 1. The highest BCUT2D eigenvalue weighted by atomic mass is 35.5. The van der Waals surface area contributed by atoms with E-state index in [2.05, 4.69) is 19.2 Å². The summed E-state index contributed by atoms with van der Waals surface area (Å²) >= 11 is 6.06. The van der Waals surface area contributed by atoms with E-state index in [9.17, 15) is 4.79 Å². The molecular formula is C23H28ClNO3. The minimum atomic E-state index is -0.617. The Morgan fingerprint density at radius 3 is 2.68 bits per heavy atom. The SMILES string of the molecule is CCC1(CC)C[C@@H](NC(=O)[C@H](C)Oc2ccc(Cl)c(C)c2)c2ccccc2O1. The minimum Gasteiger partial charge on any atom is -0.487 e. The number of hydrogen-bond donors (Lipinski definition) is 1. The first-order valence-corrected chi connectivity index (χ1v) is 10.3. The van der Waals surface area contributed by atoms with Gasteiger partial charge in [-0.25, -0.2) is 0 Å². The van der Waals surface area contributed by atoms with E-state index in [1.165, 1.54) is 0 Å². The van der Waals surface area contributed by atoms with Crippen molar-refractivity contribution in [3.8, 4) is 11.5 Å². The molecule has 2 aromatic carbocycles. The molecule has 28 heavy (non-hydrogen) atoms. The van der Waals surface area contributed by atoms with E-state index in [4.69, 9.17) is 21.1 Å². The van der Waals surface area contributed by atoms with Gasteiger partial charge in [0.25, 0.3) is 5.91 Å². The van der Waals surface area contributed by atoms with E-state index in [-0.39, 0.29) is 17.6 Å². The lowest BCUT2D eigenvalue weighted by atomic mass is 9.83. The zero-order valence-corrected chi connectivity index (χ0v) is 17.7. The summed E-state index contributed by atoms with van der Waals surface area (Å²) in [6.07, 6.45) is 1.91. The maximum atomic E-state index is 12.9. The van der Waals surface area contributed by atoms with Gasteiger partial charge in [0.05, 0.1) is 6.04 Å². The third-order valence-corrected chi connectivity index (χ3v) is 6.04. The molecule has 5 heteroatoms. The molecule has 1 N–H and O–H groups in total. The maximum Gasteiger partial charge on any atom is 0.261 e. The number of carbonyl (C=O) groups excluding carboxylic acids is 1. The van der Waals surface area contributed by atoms with Crippen molar-refractivity contribution in [3.63, 3.8) is 0 Å². The smallest absolute Gasteiger partial charge is 0.261 e. The van der Waals surface area contributed by atoms with E-state index in [1.807, 2.05) is 37.3 Å². The van der Waals surface area contributed by atoms with Crippen LogP contribution in [0, 0.1) is 6.92 Å². The van der Waals surface area contributed by atoms with Gasteiger partial charge in [0.15, 0.2) is 6.10 Å². The predicted octanol–water partition coefficient (Wildman–Crippen LogP) is 5.61. The van der Waals surface area contributed by atoms with Gasteiger partial charge in [0.1, 0.15) is 17.1 Å². The summed E-state index contributed by atoms with van der Waals surface area (Å²) in [4.78, 5) is 12.9. The van der Waals surface area contributed by atoms with Gasteiger partial charge in [0.2, 0.25) is 0 Å². The Kier molecular flexibility index (Phi) is 6.19. The normalized spacial score (nSPS) is 18.5. The van der Waals surface area contributed by atoms with Crippen molar-refractivity contribution in [2.45, 2.75) is 64.7 Å². The van der Waals surface area contributed by atoms with Crippen LogP contribution in [0.25, 0.3) is 0 Å². The molecule has 4 nitrogen and oxygen atoms in total. The third kappa shape index (κ3) is 4.27. The highest BCUT2D eigenvalue weighted by Crippen LogP contribution is 2.42. The highest BCUT2D eigenvalue weighted by molar-refractivity contribution is 6.31. The molecule has 0 bridgehead atoms. The monoisotopic (exact) mass is 401 g/mol. The zero-order chi connectivity index (χ0) is 20.3. The highest BCUT2D eigenvalue weighted by Gasteiger charge is 2.39. The van der Waals surface area contributed by atoms with E-state index < -0.39 is 6.10 Å². The molecule has 0 saturated carbocycles. The Morgan fingerprint density at radius 1 is 1.29 bits per heavy atom. The number of halogens is 1. The zero-order valence-electron chi connectivity index (χ0n) is 16.9. The summed E-state index contributed by atoms with van der Waals surface area (Å²) in [5.74, 6) is 1.34. The van der Waals surface area contributed by atoms with Gasteiger partial charge in [-0.05, 0) is 56.5 Å². The van der Waals surface area contributed by atoms with Crippen LogP contribution in [-0.2, 0) is 4.79 Å². The second kappa shape index (κ2) is 8.44. The number of para-hydroxylation sites is 1. The molecule has 2 aromatic rings. The second-order valence-corrected chi connectivity index (χ2v) is 7.87. The van der Waals surface area contributed by atoms with Crippen molar-refractivity contribution in [1.29, 1.82) is 0 Å². The largest absolute Gasteiger partial charge is 0.487 e. The van der Waals surface area contributed by atoms with E-state index in [0.717, 1.165) is 36.1 Å². The standard InChI is InChI=1S/C23H28ClNO3/c1-5-23(6-2)14-20(18-9-7-8-10-21(18)28-23)25-22(26)16(4)27-17-11-12-19(24)15(3)13-17/h7-13,16,20H,5-6,14H2,1-4H3,(H,25,26)/t16-,20+/m0/s1. The first-order valence-electron chi connectivity index (χ1n) is 9.88. The van der Waals surface area contributed by atoms with Crippen molar-refractivity contribution in [1.82, 2.24) is 5.32 Å². The van der Waals surface area contributed by atoms with Gasteiger partial charge >= 0.3 is 0 Å². The molecular weight excluding hydrogens is 374 g/mol. The number of amides is 1. The first-order chi connectivity index (χ1) is 13.4. The van der Waals surface area contributed by atoms with E-state index in [1.54, 1.807) is 19.1 Å². The number of fused-ring (bicyclic) bond motifs is 1. The third-order valence-electron chi connectivity index (χ3n) is 5.61. The van der Waals surface area contributed by atoms with Crippen LogP contribution in [-0.4, -0.2) is 17.6 Å². The van der Waals surface area contributed by atoms with Gasteiger partial charge in [-0.2, -0.15) is 0 Å². The molecule has 0 aliphatic carbocycles. The molecule has 0 aromatic heterocycles. The molecule has 1 amide bonds. The van der Waals surface area contributed by atoms with Crippen molar-refractivity contribution in [2.24, 2.45) is 0 Å². The Labute approximate surface area is 172 Å². The van der Waals surface area contributed by atoms with Crippen LogP contribution in [0.3, 0.4) is 0 Å². The number of ether oxygens (including phenoxy) is 2. The molecule has 2 atom stereocenters. The van der Waals surface area contributed by atoms with E-state index >= 15 is 0 Å². The number of rotatable bonds is 6. The summed E-state index contributed by atoms with van der Waals surface area (Å²) in [6, 6.07) is 13.2. The van der Waals surface area contributed by atoms with Gasteiger partial charge in [0, 0.05) is 17.0 Å². The van der Waals surface area contributed by atoms with Crippen molar-refractivity contribution < 1.29 is 14.3 Å². The van der Waals surface area contributed by atoms with Gasteiger partial charge in [-0.1, -0.05) is 43.6 Å². The second-order valence-electron chi connectivity index (χ2n) is 7.47. The summed E-state index contributed by atoms with van der Waals surface area (Å²) in [5, 5.41) is 3.85. The molecule has 150 valence electrons. The fourth-order valence-corrected chi connectivity index (χ4v) is 3.78. The molecule has 0 radical (unpaired) electrons. The molecule has 1 aliphatic heterocycles. The molecule has 1 aliphatic rings. The van der Waals surface area contributed by atoms with Crippen LogP contribution < -0.4 is 14.8 Å². The number of benzene rings is 2. The van der Waals surface area contributed by atoms with Gasteiger partial charge in [-0.3, -0.25) is 4.79 Å². The Balaban J connectivity index is 1.75. The number of hydrogen-bond acceptors (Lipinski definition) is 3. The van der Waals surface area contributed by atoms with Crippen LogP contribution in [0.5, 0.6) is 11.5 Å². The summed E-state index contributed by atoms with van der Waals surface area (Å²) < 4.78 is 12.2. The topological polar surface area (TPSA) is 47.6 Å². The Morgan fingerprint density at radius 2 is 2.00 bits per heavy atom. The van der Waals surface area contributed by atoms with E-state index in [0.29, 0.717) is 10.8 Å². The van der Waals surface area contributed by atoms with Crippen LogP contribution >= 0.6 is 11.6 Å². The molecule has 0 unspecified atom stereocenters. The summed E-state index contributed by atoms with van der Waals surface area (Å²) in [5.41, 5.74) is 1.67. The van der Waals surface area contributed by atoms with Crippen molar-refractivity contribution in [3.05, 3.63) is 58.6 Å². The summed E-state index contributed by atoms with van der Waals surface area (Å²) in [7, 11) is 0. The quantitative estimate of drug-likeness (QED) is 0.683. The van der Waals surface area contributed by atoms with Crippen molar-refractivity contribution in [2.75, 3.05) is 0 Å². The lowest BCUT2D eigenvalue weighted by Gasteiger charge is -2.41. The van der Waals surface area contributed by atoms with Gasteiger partial charge < -0.3 is 14.8 Å². The molecule has 0 saturated heterocycles. The Hall–Kier alpha value is -2.20. The van der Waals surface area contributed by atoms with Crippen molar-refractivity contribution >= 4 is 17.5 Å². The first kappa shape index (κ1) is 20.5. The Bertz CT molecular complexity index is 847. The fourth-order valence-electron chi connectivity index (χ4n) is 3.67. The number of nitrogens with one attached hydrogen (secondary N) is 1. The van der Waals surface area contributed by atoms with Crippen LogP contribution in [0.2, 0.25) is 5.02 Å². The van der Waals surface area contributed by atoms with Crippen LogP contribution in [0.15, 0.2) is 42.5 Å². The molecule has 1 heterocycles. The van der Waals surface area contributed by atoms with Crippen LogP contribution in [0.1, 0.15) is 57.2 Å². The molecule has 0 fully saturated rings. The van der Waals surface area contributed by atoms with Gasteiger partial charge in [-0.15, -0.1) is 0 Å². The average Bonchev–Trinajstić information content (AvgIpc) is 2.70. The molecule has 3 rings (SSSR count). The average molecular weight is 402 g/mol. The predicted molar refractivity (Wildman–Crippen MR) is 112 cm³/mol. The lowest BCUT2D eigenvalue weighted by molar-refractivity contribution is -0.128. The minimum absolute atomic E-state index is 0.102. The summed E-state index contributed by atoms with van der Waals surface area (Å²) in [6.45, 7) is 7.93. The molecule has 0 spiro atoms. The fraction of sp³-hybridized carbons (Fsp3) is 0.435. The lowest BCUT2D eigenvalue weighted by Crippen LogP contribution is -2.46. The maximum absolute atomic E-state index is 12.9.